The Bertz CT molecular complexity index is 189. The molecule has 0 aliphatic carbocycles. The maximum atomic E-state index is 11.9. The zero-order valence-corrected chi connectivity index (χ0v) is 8.07. The number of nitrogens with zero attached hydrogens (tertiary/aromatic N) is 1. The summed E-state index contributed by atoms with van der Waals surface area (Å²) in [5, 5.41) is 0.432. The van der Waals surface area contributed by atoms with E-state index in [9.17, 15) is 4.21 Å². The Morgan fingerprint density at radius 2 is 1.70 bits per heavy atom. The fraction of sp³-hybridized carbons (Fsp3) is 1.00. The number of rotatable bonds is 1. The molecule has 0 aromatic rings. The second-order valence-corrected chi connectivity index (χ2v) is 10.1. The van der Waals surface area contributed by atoms with Gasteiger partial charge in [-0.3, -0.25) is 4.21 Å². The SMILES string of the molecule is CN1CC(S(C)(C)(C)=O)C1. The lowest BCUT2D eigenvalue weighted by atomic mass is 10.2. The lowest BCUT2D eigenvalue weighted by Gasteiger charge is -2.48. The molecular formula is C7H17NOS. The molecule has 0 aromatic carbocycles. The van der Waals surface area contributed by atoms with Crippen LogP contribution in [-0.2, 0) is 9.07 Å². The zero-order valence-electron chi connectivity index (χ0n) is 7.26. The van der Waals surface area contributed by atoms with Crippen molar-refractivity contribution in [1.29, 1.82) is 0 Å². The van der Waals surface area contributed by atoms with Gasteiger partial charge < -0.3 is 4.90 Å². The minimum absolute atomic E-state index is 0.432. The first-order chi connectivity index (χ1) is 4.26. The summed E-state index contributed by atoms with van der Waals surface area (Å²) in [6.45, 7) is 2.02. The van der Waals surface area contributed by atoms with Gasteiger partial charge in [-0.15, -0.1) is 0 Å². The van der Waals surface area contributed by atoms with Crippen molar-refractivity contribution >= 4 is 9.07 Å². The van der Waals surface area contributed by atoms with Gasteiger partial charge in [-0.1, -0.05) is 9.07 Å². The van der Waals surface area contributed by atoms with E-state index in [2.05, 4.69) is 11.9 Å². The molecule has 1 heterocycles. The highest BCUT2D eigenvalue weighted by molar-refractivity contribution is 8.18. The first kappa shape index (κ1) is 8.21. The maximum Gasteiger partial charge on any atom is 0.0397 e. The van der Waals surface area contributed by atoms with Gasteiger partial charge in [-0.25, -0.2) is 0 Å². The molecule has 0 amide bonds. The molecule has 10 heavy (non-hydrogen) atoms. The maximum absolute atomic E-state index is 11.9. The Labute approximate surface area is 63.0 Å². The minimum atomic E-state index is -2.23. The van der Waals surface area contributed by atoms with Crippen LogP contribution < -0.4 is 0 Å². The highest BCUT2D eigenvalue weighted by atomic mass is 32.3. The predicted molar refractivity (Wildman–Crippen MR) is 47.2 cm³/mol. The summed E-state index contributed by atoms with van der Waals surface area (Å²) in [7, 11) is -0.169. The molecule has 1 aliphatic rings. The van der Waals surface area contributed by atoms with Crippen molar-refractivity contribution in [2.45, 2.75) is 5.25 Å². The first-order valence-corrected chi connectivity index (χ1v) is 6.78. The van der Waals surface area contributed by atoms with Gasteiger partial charge >= 0.3 is 0 Å². The molecule has 0 N–H and O–H groups in total. The summed E-state index contributed by atoms with van der Waals surface area (Å²) >= 11 is 0. The summed E-state index contributed by atoms with van der Waals surface area (Å²) in [6.07, 6.45) is 5.69. The molecule has 0 bridgehead atoms. The van der Waals surface area contributed by atoms with E-state index < -0.39 is 9.07 Å². The lowest BCUT2D eigenvalue weighted by Crippen LogP contribution is -2.60. The summed E-state index contributed by atoms with van der Waals surface area (Å²) in [4.78, 5) is 2.20. The molecule has 0 atom stereocenters. The van der Waals surface area contributed by atoms with Crippen molar-refractivity contribution in [3.8, 4) is 0 Å². The molecule has 0 saturated carbocycles. The Balaban J connectivity index is 2.62. The van der Waals surface area contributed by atoms with Crippen LogP contribution in [0.5, 0.6) is 0 Å². The molecule has 3 heteroatoms. The normalized spacial score (nSPS) is 27.0. The third-order valence-electron chi connectivity index (χ3n) is 2.17. The zero-order chi connectivity index (χ0) is 8.02. The Hall–Kier alpha value is 0.110. The average Bonchev–Trinajstić information content (AvgIpc) is 1.52. The summed E-state index contributed by atoms with van der Waals surface area (Å²) in [6, 6.07) is 0. The summed E-state index contributed by atoms with van der Waals surface area (Å²) in [5.41, 5.74) is 0. The van der Waals surface area contributed by atoms with Gasteiger partial charge in [0.05, 0.1) is 0 Å². The van der Waals surface area contributed by atoms with Crippen LogP contribution in [0.1, 0.15) is 0 Å². The van der Waals surface area contributed by atoms with Crippen LogP contribution in [0.2, 0.25) is 0 Å². The molecule has 0 radical (unpaired) electrons. The second-order valence-electron chi connectivity index (χ2n) is 4.37. The Morgan fingerprint density at radius 1 is 1.30 bits per heavy atom. The van der Waals surface area contributed by atoms with E-state index in [1.807, 2.05) is 18.8 Å². The highest BCUT2D eigenvalue weighted by Gasteiger charge is 2.38. The Kier molecular flexibility index (Phi) is 1.50. The van der Waals surface area contributed by atoms with Gasteiger partial charge in [0, 0.05) is 18.3 Å². The molecule has 1 rings (SSSR count). The molecule has 62 valence electrons. The number of hydrogen-bond donors (Lipinski definition) is 0. The summed E-state index contributed by atoms with van der Waals surface area (Å²) < 4.78 is 11.9. The van der Waals surface area contributed by atoms with Crippen LogP contribution in [0, 0.1) is 0 Å². The van der Waals surface area contributed by atoms with Crippen LogP contribution in [0.15, 0.2) is 0 Å². The molecule has 0 spiro atoms. The van der Waals surface area contributed by atoms with Crippen LogP contribution in [0.4, 0.5) is 0 Å². The largest absolute Gasteiger partial charge is 0.304 e. The predicted octanol–water partition coefficient (Wildman–Crippen LogP) is 0.00990. The average molecular weight is 163 g/mol. The molecule has 1 saturated heterocycles. The second kappa shape index (κ2) is 1.83. The third-order valence-corrected chi connectivity index (χ3v) is 4.74. The van der Waals surface area contributed by atoms with E-state index in [1.165, 1.54) is 0 Å². The molecule has 1 fully saturated rings. The first-order valence-electron chi connectivity index (χ1n) is 3.52. The van der Waals surface area contributed by atoms with E-state index in [-0.39, 0.29) is 0 Å². The van der Waals surface area contributed by atoms with E-state index in [4.69, 9.17) is 0 Å². The van der Waals surface area contributed by atoms with Crippen molar-refractivity contribution in [3.63, 3.8) is 0 Å². The van der Waals surface area contributed by atoms with Crippen LogP contribution in [-0.4, -0.2) is 53.3 Å². The summed E-state index contributed by atoms with van der Waals surface area (Å²) in [5.74, 6) is 0. The number of hydrogen-bond acceptors (Lipinski definition) is 2. The van der Waals surface area contributed by atoms with Gasteiger partial charge in [-0.05, 0) is 25.8 Å². The standard InChI is InChI=1S/C7H17NOS/c1-8-5-7(6-8)10(2,3,4)9/h7H,5-6H2,1-4H3. The van der Waals surface area contributed by atoms with Gasteiger partial charge in [0.25, 0.3) is 0 Å². The third kappa shape index (κ3) is 1.58. The molecule has 1 aliphatic heterocycles. The van der Waals surface area contributed by atoms with Crippen molar-refractivity contribution in [2.24, 2.45) is 0 Å². The molecule has 0 unspecified atom stereocenters. The van der Waals surface area contributed by atoms with Crippen LogP contribution in [0.3, 0.4) is 0 Å². The topological polar surface area (TPSA) is 20.3 Å². The van der Waals surface area contributed by atoms with E-state index in [0.717, 1.165) is 13.1 Å². The fourth-order valence-electron chi connectivity index (χ4n) is 1.15. The molecule has 0 aromatic heterocycles. The van der Waals surface area contributed by atoms with Crippen molar-refractivity contribution in [2.75, 3.05) is 38.9 Å². The van der Waals surface area contributed by atoms with E-state index in [1.54, 1.807) is 0 Å². The minimum Gasteiger partial charge on any atom is -0.304 e. The van der Waals surface area contributed by atoms with E-state index >= 15 is 0 Å². The molecular weight excluding hydrogens is 146 g/mol. The van der Waals surface area contributed by atoms with Gasteiger partial charge in [0.15, 0.2) is 0 Å². The van der Waals surface area contributed by atoms with Crippen LogP contribution in [0.25, 0.3) is 0 Å². The Morgan fingerprint density at radius 3 is 1.80 bits per heavy atom. The van der Waals surface area contributed by atoms with Gasteiger partial charge in [0.2, 0.25) is 0 Å². The van der Waals surface area contributed by atoms with Gasteiger partial charge in [-0.2, -0.15) is 0 Å². The van der Waals surface area contributed by atoms with Crippen LogP contribution >= 0.6 is 0 Å². The molecule has 2 nitrogen and oxygen atoms in total. The van der Waals surface area contributed by atoms with Gasteiger partial charge in [0.1, 0.15) is 0 Å². The quantitative estimate of drug-likeness (QED) is 0.543. The smallest absolute Gasteiger partial charge is 0.0397 e. The van der Waals surface area contributed by atoms with Crippen molar-refractivity contribution in [1.82, 2.24) is 4.90 Å². The monoisotopic (exact) mass is 163 g/mol. The lowest BCUT2D eigenvalue weighted by molar-refractivity contribution is 0.233. The van der Waals surface area contributed by atoms with Crippen molar-refractivity contribution < 1.29 is 4.21 Å². The highest BCUT2D eigenvalue weighted by Crippen LogP contribution is 2.27. The fourth-order valence-corrected chi connectivity index (χ4v) is 2.67. The van der Waals surface area contributed by atoms with E-state index in [0.29, 0.717) is 5.25 Å². The number of likely N-dealkylation sites (tertiary alicyclic amines) is 1. The van der Waals surface area contributed by atoms with Crippen molar-refractivity contribution in [3.05, 3.63) is 0 Å².